The Hall–Kier alpha value is -1.64. The second-order valence-electron chi connectivity index (χ2n) is 7.32. The van der Waals surface area contributed by atoms with E-state index in [-0.39, 0.29) is 36.2 Å². The van der Waals surface area contributed by atoms with Crippen molar-refractivity contribution in [2.75, 3.05) is 39.3 Å². The van der Waals surface area contributed by atoms with Gasteiger partial charge in [0.2, 0.25) is 21.8 Å². The van der Waals surface area contributed by atoms with E-state index in [1.54, 1.807) is 21.9 Å². The highest BCUT2D eigenvalue weighted by molar-refractivity contribution is 7.89. The van der Waals surface area contributed by atoms with Crippen molar-refractivity contribution in [3.8, 4) is 0 Å². The number of sulfonamides is 1. The normalized spacial score (nSPS) is 24.5. The molecule has 0 saturated carbocycles. The smallest absolute Gasteiger partial charge is 0.243 e. The fourth-order valence-corrected chi connectivity index (χ4v) is 5.60. The third-order valence-corrected chi connectivity index (χ3v) is 7.45. The number of nitrogens with zero attached hydrogens (tertiary/aromatic N) is 3. The number of carbonyl (C=O) groups excluding carboxylic acids is 2. The first-order valence-corrected chi connectivity index (χ1v) is 10.8. The minimum atomic E-state index is -3.75. The van der Waals surface area contributed by atoms with Crippen molar-refractivity contribution in [1.29, 1.82) is 0 Å². The maximum atomic E-state index is 13.2. The minimum absolute atomic E-state index is 0.00624. The minimum Gasteiger partial charge on any atom is -0.342 e. The molecule has 2 saturated heterocycles. The summed E-state index contributed by atoms with van der Waals surface area (Å²) in [6, 6.07) is 6.05. The van der Waals surface area contributed by atoms with Crippen LogP contribution in [0.1, 0.15) is 20.3 Å². The quantitative estimate of drug-likeness (QED) is 0.751. The van der Waals surface area contributed by atoms with Crippen molar-refractivity contribution in [2.24, 2.45) is 5.41 Å². The number of rotatable bonds is 3. The second-order valence-corrected chi connectivity index (χ2v) is 9.69. The molecule has 0 aromatic heterocycles. The molecule has 3 rings (SSSR count). The molecular weight excluding hydrogens is 390 g/mol. The van der Waals surface area contributed by atoms with Crippen LogP contribution in [0, 0.1) is 5.41 Å². The average Bonchev–Trinajstić information content (AvgIpc) is 2.79. The second kappa shape index (κ2) is 7.41. The molecule has 1 aromatic carbocycles. The van der Waals surface area contributed by atoms with Crippen LogP contribution in [0.15, 0.2) is 29.2 Å². The fourth-order valence-electron chi connectivity index (χ4n) is 3.93. The highest BCUT2D eigenvalue weighted by atomic mass is 35.5. The van der Waals surface area contributed by atoms with Crippen molar-refractivity contribution in [2.45, 2.75) is 25.2 Å². The molecule has 0 radical (unpaired) electrons. The molecule has 2 aliphatic rings. The number of amides is 2. The van der Waals surface area contributed by atoms with Crippen LogP contribution >= 0.6 is 11.6 Å². The van der Waals surface area contributed by atoms with Gasteiger partial charge in [0, 0.05) is 63.1 Å². The first kappa shape index (κ1) is 20.1. The van der Waals surface area contributed by atoms with Gasteiger partial charge in [0.25, 0.3) is 0 Å². The summed E-state index contributed by atoms with van der Waals surface area (Å²) in [6.07, 6.45) is 0.247. The molecule has 148 valence electrons. The van der Waals surface area contributed by atoms with E-state index in [0.29, 0.717) is 31.2 Å². The lowest BCUT2D eigenvalue weighted by atomic mass is 9.86. The molecule has 2 heterocycles. The number of halogens is 1. The molecule has 7 nitrogen and oxygen atoms in total. The summed E-state index contributed by atoms with van der Waals surface area (Å²) in [5.74, 6) is -0.103. The van der Waals surface area contributed by atoms with Crippen LogP contribution in [-0.2, 0) is 19.6 Å². The SMILES string of the molecule is CCN1CC2(CC1=O)CN(C(C)=O)CCN(S(=O)(=O)c1ccc(Cl)cc1)C2. The van der Waals surface area contributed by atoms with Gasteiger partial charge in [0.05, 0.1) is 4.90 Å². The third kappa shape index (κ3) is 3.97. The van der Waals surface area contributed by atoms with Crippen LogP contribution < -0.4 is 0 Å². The zero-order chi connectivity index (χ0) is 19.8. The topological polar surface area (TPSA) is 78.0 Å². The Labute approximate surface area is 164 Å². The van der Waals surface area contributed by atoms with E-state index >= 15 is 0 Å². The number of carbonyl (C=O) groups is 2. The molecule has 1 atom stereocenters. The highest BCUT2D eigenvalue weighted by Gasteiger charge is 2.48. The third-order valence-electron chi connectivity index (χ3n) is 5.34. The number of likely N-dealkylation sites (tertiary alicyclic amines) is 1. The van der Waals surface area contributed by atoms with Crippen LogP contribution in [-0.4, -0.2) is 73.6 Å². The molecule has 27 heavy (non-hydrogen) atoms. The lowest BCUT2D eigenvalue weighted by Gasteiger charge is -2.33. The summed E-state index contributed by atoms with van der Waals surface area (Å²) in [5, 5.41) is 0.462. The predicted octanol–water partition coefficient (Wildman–Crippen LogP) is 1.43. The molecule has 1 unspecified atom stereocenters. The Morgan fingerprint density at radius 2 is 1.81 bits per heavy atom. The standard InChI is InChI=1S/C18H24ClN3O4S/c1-3-20-11-18(10-17(20)24)12-21(14(2)23)8-9-22(13-18)27(25,26)16-6-4-15(19)5-7-16/h4-7H,3,8-13H2,1-2H3. The van der Waals surface area contributed by atoms with E-state index in [0.717, 1.165) is 0 Å². The van der Waals surface area contributed by atoms with Gasteiger partial charge < -0.3 is 9.80 Å². The summed E-state index contributed by atoms with van der Waals surface area (Å²) >= 11 is 5.88. The van der Waals surface area contributed by atoms with Crippen molar-refractivity contribution in [3.63, 3.8) is 0 Å². The molecule has 2 fully saturated rings. The summed E-state index contributed by atoms with van der Waals surface area (Å²) in [5.41, 5.74) is -0.589. The summed E-state index contributed by atoms with van der Waals surface area (Å²) in [7, 11) is -3.75. The van der Waals surface area contributed by atoms with Crippen LogP contribution in [0.25, 0.3) is 0 Å². The Bertz CT molecular complexity index is 843. The van der Waals surface area contributed by atoms with Crippen LogP contribution in [0.2, 0.25) is 5.02 Å². The van der Waals surface area contributed by atoms with Gasteiger partial charge in [-0.3, -0.25) is 9.59 Å². The Morgan fingerprint density at radius 1 is 1.15 bits per heavy atom. The van der Waals surface area contributed by atoms with E-state index in [4.69, 9.17) is 11.6 Å². The van der Waals surface area contributed by atoms with Gasteiger partial charge in [-0.2, -0.15) is 4.31 Å². The summed E-state index contributed by atoms with van der Waals surface area (Å²) in [4.78, 5) is 28.0. The van der Waals surface area contributed by atoms with Crippen molar-refractivity contribution >= 4 is 33.4 Å². The molecule has 0 N–H and O–H groups in total. The van der Waals surface area contributed by atoms with Gasteiger partial charge in [0.1, 0.15) is 0 Å². The van der Waals surface area contributed by atoms with E-state index < -0.39 is 15.4 Å². The summed E-state index contributed by atoms with van der Waals surface area (Å²) in [6.45, 7) is 5.52. The van der Waals surface area contributed by atoms with Crippen LogP contribution in [0.5, 0.6) is 0 Å². The van der Waals surface area contributed by atoms with Gasteiger partial charge in [-0.25, -0.2) is 8.42 Å². The van der Waals surface area contributed by atoms with E-state index in [9.17, 15) is 18.0 Å². The van der Waals surface area contributed by atoms with Gasteiger partial charge in [0.15, 0.2) is 0 Å². The van der Waals surface area contributed by atoms with Crippen LogP contribution in [0.3, 0.4) is 0 Å². The summed E-state index contributed by atoms with van der Waals surface area (Å²) < 4.78 is 27.8. The lowest BCUT2D eigenvalue weighted by molar-refractivity contribution is -0.130. The molecule has 1 spiro atoms. The maximum Gasteiger partial charge on any atom is 0.243 e. The molecule has 1 aromatic rings. The molecular formula is C18H24ClN3O4S. The van der Waals surface area contributed by atoms with Gasteiger partial charge >= 0.3 is 0 Å². The Kier molecular flexibility index (Phi) is 5.52. The zero-order valence-corrected chi connectivity index (χ0v) is 17.1. The number of benzene rings is 1. The molecule has 0 aliphatic carbocycles. The van der Waals surface area contributed by atoms with Crippen molar-refractivity contribution in [3.05, 3.63) is 29.3 Å². The monoisotopic (exact) mass is 413 g/mol. The highest BCUT2D eigenvalue weighted by Crippen LogP contribution is 2.36. The van der Waals surface area contributed by atoms with E-state index in [1.807, 2.05) is 6.92 Å². The largest absolute Gasteiger partial charge is 0.342 e. The first-order chi connectivity index (χ1) is 12.7. The van der Waals surface area contributed by atoms with Crippen LogP contribution in [0.4, 0.5) is 0 Å². The maximum absolute atomic E-state index is 13.2. The molecule has 0 bridgehead atoms. The molecule has 2 amide bonds. The van der Waals surface area contributed by atoms with Gasteiger partial charge in [-0.05, 0) is 31.2 Å². The van der Waals surface area contributed by atoms with Gasteiger partial charge in [-0.1, -0.05) is 11.6 Å². The Morgan fingerprint density at radius 3 is 2.37 bits per heavy atom. The van der Waals surface area contributed by atoms with Gasteiger partial charge in [-0.15, -0.1) is 0 Å². The van der Waals surface area contributed by atoms with E-state index in [2.05, 4.69) is 0 Å². The molecule has 2 aliphatic heterocycles. The molecule has 9 heteroatoms. The predicted molar refractivity (Wildman–Crippen MR) is 102 cm³/mol. The Balaban J connectivity index is 1.95. The number of hydrogen-bond donors (Lipinski definition) is 0. The number of hydrogen-bond acceptors (Lipinski definition) is 4. The average molecular weight is 414 g/mol. The first-order valence-electron chi connectivity index (χ1n) is 8.96. The van der Waals surface area contributed by atoms with E-state index in [1.165, 1.54) is 23.4 Å². The van der Waals surface area contributed by atoms with Crippen molar-refractivity contribution in [1.82, 2.24) is 14.1 Å². The lowest BCUT2D eigenvalue weighted by Crippen LogP contribution is -2.45. The fraction of sp³-hybridized carbons (Fsp3) is 0.556. The zero-order valence-electron chi connectivity index (χ0n) is 15.5. The van der Waals surface area contributed by atoms with Crippen molar-refractivity contribution < 1.29 is 18.0 Å².